The van der Waals surface area contributed by atoms with Gasteiger partial charge in [-0.25, -0.2) is 0 Å². The summed E-state index contributed by atoms with van der Waals surface area (Å²) in [7, 11) is 0. The first-order chi connectivity index (χ1) is 14.4. The van der Waals surface area contributed by atoms with E-state index in [1.807, 2.05) is 40.6 Å². The summed E-state index contributed by atoms with van der Waals surface area (Å²) in [6.45, 7) is 2.76. The Kier molecular flexibility index (Phi) is 5.33. The van der Waals surface area contributed by atoms with Crippen molar-refractivity contribution in [1.82, 2.24) is 4.90 Å². The molecular formula is C22H19N3O4S. The summed E-state index contributed by atoms with van der Waals surface area (Å²) in [6.07, 6.45) is 0.766. The largest absolute Gasteiger partial charge is 0.333 e. The number of amides is 2. The average molecular weight is 421 g/mol. The number of fused-ring (bicyclic) bond motifs is 1. The van der Waals surface area contributed by atoms with E-state index >= 15 is 0 Å². The Labute approximate surface area is 177 Å². The zero-order valence-electron chi connectivity index (χ0n) is 16.3. The molecule has 0 saturated carbocycles. The van der Waals surface area contributed by atoms with Crippen LogP contribution >= 0.6 is 11.3 Å². The molecule has 0 radical (unpaired) electrons. The monoisotopic (exact) mass is 421 g/mol. The van der Waals surface area contributed by atoms with Gasteiger partial charge in [-0.15, -0.1) is 11.3 Å². The number of rotatable bonds is 4. The molecule has 7 nitrogen and oxygen atoms in total. The number of hydrogen-bond acceptors (Lipinski definition) is 5. The summed E-state index contributed by atoms with van der Waals surface area (Å²) in [5.74, 6) is -0.318. The van der Waals surface area contributed by atoms with Gasteiger partial charge in [-0.3, -0.25) is 19.7 Å². The summed E-state index contributed by atoms with van der Waals surface area (Å²) >= 11 is 1.43. The summed E-state index contributed by atoms with van der Waals surface area (Å²) in [5.41, 5.74) is 3.56. The molecule has 1 N–H and O–H groups in total. The first-order valence-electron chi connectivity index (χ1n) is 9.43. The lowest BCUT2D eigenvalue weighted by Gasteiger charge is -2.29. The Morgan fingerprint density at radius 3 is 2.67 bits per heavy atom. The number of benzene rings is 2. The van der Waals surface area contributed by atoms with Crippen LogP contribution in [0.1, 0.15) is 36.7 Å². The molecule has 0 spiro atoms. The Balaban J connectivity index is 1.50. The van der Waals surface area contributed by atoms with Gasteiger partial charge in [-0.2, -0.15) is 0 Å². The summed E-state index contributed by atoms with van der Waals surface area (Å²) < 4.78 is 0. The predicted octanol–water partition coefficient (Wildman–Crippen LogP) is 4.42. The number of aryl methyl sites for hydroxylation is 1. The molecule has 1 aliphatic heterocycles. The van der Waals surface area contributed by atoms with Crippen LogP contribution in [0, 0.1) is 17.0 Å². The highest BCUT2D eigenvalue weighted by Gasteiger charge is 2.23. The molecule has 0 aliphatic carbocycles. The number of anilines is 1. The highest BCUT2D eigenvalue weighted by atomic mass is 32.1. The van der Waals surface area contributed by atoms with Crippen molar-refractivity contribution in [3.8, 4) is 0 Å². The lowest BCUT2D eigenvalue weighted by atomic mass is 9.98. The molecule has 0 unspecified atom stereocenters. The van der Waals surface area contributed by atoms with Crippen molar-refractivity contribution in [3.05, 3.63) is 91.2 Å². The molecule has 8 heteroatoms. The van der Waals surface area contributed by atoms with Gasteiger partial charge in [0, 0.05) is 36.0 Å². The molecule has 0 atom stereocenters. The van der Waals surface area contributed by atoms with Crippen LogP contribution in [0.15, 0.2) is 53.9 Å². The van der Waals surface area contributed by atoms with Crippen molar-refractivity contribution in [2.45, 2.75) is 19.9 Å². The number of nitrogens with zero attached hydrogens (tertiary/aromatic N) is 2. The number of nitro groups is 1. The van der Waals surface area contributed by atoms with Crippen LogP contribution in [-0.4, -0.2) is 28.2 Å². The van der Waals surface area contributed by atoms with E-state index in [4.69, 9.17) is 0 Å². The van der Waals surface area contributed by atoms with Gasteiger partial charge in [0.05, 0.1) is 9.80 Å². The molecule has 1 aliphatic rings. The molecule has 2 amide bonds. The number of carbonyl (C=O) groups excluding carboxylic acids is 2. The standard InChI is InChI=1S/C22H19N3O4S/c1-14-11-16(5-7-19(14)25(28)29)21(26)23-18-6-4-15-8-9-24(13-17(15)12-18)22(27)20-3-2-10-30-20/h2-7,10-12H,8-9,13H2,1H3,(H,23,26). The number of carbonyl (C=O) groups is 2. The van der Waals surface area contributed by atoms with Gasteiger partial charge in [0.2, 0.25) is 0 Å². The topological polar surface area (TPSA) is 92.6 Å². The van der Waals surface area contributed by atoms with Crippen LogP contribution in [0.5, 0.6) is 0 Å². The smallest absolute Gasteiger partial charge is 0.272 e. The third-order valence-electron chi connectivity index (χ3n) is 5.15. The number of nitro benzene ring substituents is 1. The van der Waals surface area contributed by atoms with Crippen molar-refractivity contribution in [2.24, 2.45) is 0 Å². The summed E-state index contributed by atoms with van der Waals surface area (Å²) in [4.78, 5) is 38.3. The van der Waals surface area contributed by atoms with Crippen molar-refractivity contribution in [2.75, 3.05) is 11.9 Å². The number of thiophene rings is 1. The maximum absolute atomic E-state index is 12.6. The first-order valence-corrected chi connectivity index (χ1v) is 10.3. The minimum Gasteiger partial charge on any atom is -0.333 e. The Bertz CT molecular complexity index is 1140. The highest BCUT2D eigenvalue weighted by molar-refractivity contribution is 7.12. The molecule has 2 heterocycles. The van der Waals surface area contributed by atoms with Gasteiger partial charge in [-0.05, 0) is 60.2 Å². The molecule has 1 aromatic heterocycles. The van der Waals surface area contributed by atoms with Gasteiger partial charge < -0.3 is 10.2 Å². The molecular weight excluding hydrogens is 402 g/mol. The van der Waals surface area contributed by atoms with E-state index in [-0.39, 0.29) is 17.5 Å². The number of nitrogens with one attached hydrogen (secondary N) is 1. The molecule has 0 fully saturated rings. The predicted molar refractivity (Wildman–Crippen MR) is 115 cm³/mol. The third kappa shape index (κ3) is 3.95. The second kappa shape index (κ2) is 8.08. The van der Waals surface area contributed by atoms with Crippen LogP contribution in [0.2, 0.25) is 0 Å². The van der Waals surface area contributed by atoms with E-state index in [9.17, 15) is 19.7 Å². The van der Waals surface area contributed by atoms with E-state index in [0.717, 1.165) is 22.4 Å². The number of hydrogen-bond donors (Lipinski definition) is 1. The van der Waals surface area contributed by atoms with Crippen molar-refractivity contribution >= 4 is 34.5 Å². The van der Waals surface area contributed by atoms with Gasteiger partial charge in [-0.1, -0.05) is 12.1 Å². The molecule has 152 valence electrons. The quantitative estimate of drug-likeness (QED) is 0.499. The third-order valence-corrected chi connectivity index (χ3v) is 6.01. The molecule has 2 aromatic carbocycles. The van der Waals surface area contributed by atoms with Gasteiger partial charge in [0.1, 0.15) is 0 Å². The molecule has 3 aromatic rings. The van der Waals surface area contributed by atoms with Crippen LogP contribution in [0.4, 0.5) is 11.4 Å². The minimum absolute atomic E-state index is 0.0177. The SMILES string of the molecule is Cc1cc(C(=O)Nc2ccc3c(c2)CN(C(=O)c2cccs2)CC3)ccc1[N+](=O)[O-]. The zero-order valence-corrected chi connectivity index (χ0v) is 17.1. The lowest BCUT2D eigenvalue weighted by molar-refractivity contribution is -0.385. The van der Waals surface area contributed by atoms with E-state index in [0.29, 0.717) is 29.9 Å². The maximum atomic E-state index is 12.6. The minimum atomic E-state index is -0.469. The van der Waals surface area contributed by atoms with E-state index in [2.05, 4.69) is 5.32 Å². The van der Waals surface area contributed by atoms with Crippen molar-refractivity contribution < 1.29 is 14.5 Å². The second-order valence-corrected chi connectivity index (χ2v) is 8.10. The molecule has 0 bridgehead atoms. The van der Waals surface area contributed by atoms with Crippen LogP contribution in [0.25, 0.3) is 0 Å². The van der Waals surface area contributed by atoms with Crippen molar-refractivity contribution in [3.63, 3.8) is 0 Å². The Morgan fingerprint density at radius 1 is 1.13 bits per heavy atom. The second-order valence-electron chi connectivity index (χ2n) is 7.15. The van der Waals surface area contributed by atoms with Gasteiger partial charge in [0.25, 0.3) is 17.5 Å². The Hall–Kier alpha value is -3.52. The molecule has 4 rings (SSSR count). The van der Waals surface area contributed by atoms with Crippen LogP contribution < -0.4 is 5.32 Å². The van der Waals surface area contributed by atoms with Crippen LogP contribution in [0.3, 0.4) is 0 Å². The van der Waals surface area contributed by atoms with Crippen LogP contribution in [-0.2, 0) is 13.0 Å². The van der Waals surface area contributed by atoms with E-state index < -0.39 is 4.92 Å². The van der Waals surface area contributed by atoms with Gasteiger partial charge >= 0.3 is 0 Å². The maximum Gasteiger partial charge on any atom is 0.272 e. The van der Waals surface area contributed by atoms with E-state index in [1.54, 1.807) is 6.92 Å². The zero-order chi connectivity index (χ0) is 21.3. The summed E-state index contributed by atoms with van der Waals surface area (Å²) in [6, 6.07) is 13.7. The average Bonchev–Trinajstić information content (AvgIpc) is 3.27. The lowest BCUT2D eigenvalue weighted by Crippen LogP contribution is -2.35. The normalized spacial score (nSPS) is 12.9. The first kappa shape index (κ1) is 19.8. The Morgan fingerprint density at radius 2 is 1.97 bits per heavy atom. The highest BCUT2D eigenvalue weighted by Crippen LogP contribution is 2.25. The van der Waals surface area contributed by atoms with E-state index in [1.165, 1.54) is 29.5 Å². The molecule has 0 saturated heterocycles. The van der Waals surface area contributed by atoms with Crippen molar-refractivity contribution in [1.29, 1.82) is 0 Å². The summed E-state index contributed by atoms with van der Waals surface area (Å²) in [5, 5.41) is 15.7. The fraction of sp³-hybridized carbons (Fsp3) is 0.182. The molecule has 30 heavy (non-hydrogen) atoms. The van der Waals surface area contributed by atoms with Gasteiger partial charge in [0.15, 0.2) is 0 Å². The fourth-order valence-corrected chi connectivity index (χ4v) is 4.26. The fourth-order valence-electron chi connectivity index (χ4n) is 3.57.